The van der Waals surface area contributed by atoms with Crippen molar-refractivity contribution in [2.75, 3.05) is 19.0 Å². The van der Waals surface area contributed by atoms with Crippen molar-refractivity contribution in [1.82, 2.24) is 10.5 Å². The van der Waals surface area contributed by atoms with Crippen LogP contribution in [0.25, 0.3) is 0 Å². The van der Waals surface area contributed by atoms with E-state index in [1.54, 1.807) is 25.1 Å². The van der Waals surface area contributed by atoms with Crippen LogP contribution < -0.4 is 10.6 Å². The van der Waals surface area contributed by atoms with Gasteiger partial charge in [0.25, 0.3) is 0 Å². The van der Waals surface area contributed by atoms with Gasteiger partial charge in [-0.05, 0) is 24.6 Å². The van der Waals surface area contributed by atoms with Crippen molar-refractivity contribution in [2.24, 2.45) is 0 Å². The number of carbonyl (C=O) groups excluding carboxylic acids is 2. The summed E-state index contributed by atoms with van der Waals surface area (Å²) in [5.41, 5.74) is -0.0425. The van der Waals surface area contributed by atoms with Crippen LogP contribution in [0.4, 0.5) is 5.82 Å². The summed E-state index contributed by atoms with van der Waals surface area (Å²) in [4.78, 5) is 23.6. The number of hydrogen-bond acceptors (Lipinski definition) is 5. The van der Waals surface area contributed by atoms with E-state index in [1.807, 2.05) is 6.07 Å². The summed E-state index contributed by atoms with van der Waals surface area (Å²) >= 11 is 5.98. The Balaban J connectivity index is 1.99. The summed E-state index contributed by atoms with van der Waals surface area (Å²) in [5, 5.41) is 8.88. The van der Waals surface area contributed by atoms with E-state index >= 15 is 0 Å². The SMILES string of the molecule is COC(C)(CNC(=O)C(=O)Nc1ccon1)c1cccc(Cl)c1. The van der Waals surface area contributed by atoms with Gasteiger partial charge in [-0.15, -0.1) is 0 Å². The first kappa shape index (κ1) is 17.0. The minimum Gasteiger partial charge on any atom is -0.372 e. The maximum atomic E-state index is 11.9. The zero-order chi connectivity index (χ0) is 16.9. The molecule has 1 atom stereocenters. The van der Waals surface area contributed by atoms with Crippen LogP contribution in [0.15, 0.2) is 41.1 Å². The largest absolute Gasteiger partial charge is 0.372 e. The minimum absolute atomic E-state index is 0.0922. The van der Waals surface area contributed by atoms with Crippen LogP contribution in [0.3, 0.4) is 0 Å². The third-order valence-electron chi connectivity index (χ3n) is 3.36. The fourth-order valence-corrected chi connectivity index (χ4v) is 2.08. The van der Waals surface area contributed by atoms with E-state index < -0.39 is 17.4 Å². The Hall–Kier alpha value is -2.38. The lowest BCUT2D eigenvalue weighted by atomic mass is 9.95. The number of rotatable bonds is 5. The molecule has 2 amide bonds. The van der Waals surface area contributed by atoms with Gasteiger partial charge in [0.1, 0.15) is 11.9 Å². The van der Waals surface area contributed by atoms with Crippen LogP contribution in [-0.2, 0) is 19.9 Å². The van der Waals surface area contributed by atoms with E-state index in [2.05, 4.69) is 20.3 Å². The van der Waals surface area contributed by atoms with Gasteiger partial charge in [0.05, 0.1) is 6.54 Å². The molecule has 0 fully saturated rings. The van der Waals surface area contributed by atoms with E-state index in [4.69, 9.17) is 16.3 Å². The molecule has 1 unspecified atom stereocenters. The first-order valence-electron chi connectivity index (χ1n) is 6.75. The quantitative estimate of drug-likeness (QED) is 0.813. The van der Waals surface area contributed by atoms with Crippen molar-refractivity contribution in [1.29, 1.82) is 0 Å². The number of nitrogens with zero attached hydrogens (tertiary/aromatic N) is 1. The fraction of sp³-hybridized carbons (Fsp3) is 0.267. The zero-order valence-electron chi connectivity index (χ0n) is 12.6. The first-order valence-corrected chi connectivity index (χ1v) is 7.13. The van der Waals surface area contributed by atoms with Crippen molar-refractivity contribution >= 4 is 29.2 Å². The van der Waals surface area contributed by atoms with Crippen molar-refractivity contribution < 1.29 is 18.8 Å². The van der Waals surface area contributed by atoms with Crippen LogP contribution in [0.2, 0.25) is 5.02 Å². The van der Waals surface area contributed by atoms with Gasteiger partial charge in [-0.2, -0.15) is 0 Å². The van der Waals surface area contributed by atoms with Gasteiger partial charge in [-0.1, -0.05) is 28.9 Å². The average molecular weight is 338 g/mol. The van der Waals surface area contributed by atoms with Gasteiger partial charge >= 0.3 is 11.8 Å². The lowest BCUT2D eigenvalue weighted by Crippen LogP contribution is -2.44. The van der Waals surface area contributed by atoms with E-state index in [-0.39, 0.29) is 12.4 Å². The molecule has 1 aromatic carbocycles. The summed E-state index contributed by atoms with van der Waals surface area (Å²) in [5.74, 6) is -1.49. The predicted molar refractivity (Wildman–Crippen MR) is 84.0 cm³/mol. The van der Waals surface area contributed by atoms with Gasteiger partial charge in [0, 0.05) is 18.2 Å². The Labute approximate surface area is 137 Å². The number of carbonyl (C=O) groups is 2. The summed E-state index contributed by atoms with van der Waals surface area (Å²) in [6.07, 6.45) is 1.29. The molecule has 2 N–H and O–H groups in total. The number of aromatic nitrogens is 1. The molecule has 122 valence electrons. The molecular formula is C15H16ClN3O4. The average Bonchev–Trinajstić information content (AvgIpc) is 3.05. The van der Waals surface area contributed by atoms with Crippen LogP contribution in [0.1, 0.15) is 12.5 Å². The van der Waals surface area contributed by atoms with Crippen molar-refractivity contribution in [3.63, 3.8) is 0 Å². The highest BCUT2D eigenvalue weighted by Crippen LogP contribution is 2.26. The highest BCUT2D eigenvalue weighted by atomic mass is 35.5. The summed E-state index contributed by atoms with van der Waals surface area (Å²) in [7, 11) is 1.52. The van der Waals surface area contributed by atoms with Gasteiger partial charge in [-0.25, -0.2) is 0 Å². The van der Waals surface area contributed by atoms with Gasteiger partial charge in [0.15, 0.2) is 5.82 Å². The van der Waals surface area contributed by atoms with Crippen LogP contribution in [0.5, 0.6) is 0 Å². The maximum Gasteiger partial charge on any atom is 0.314 e. The number of anilines is 1. The van der Waals surface area contributed by atoms with Crippen molar-refractivity contribution in [3.05, 3.63) is 47.2 Å². The minimum atomic E-state index is -0.844. The molecule has 0 aliphatic rings. The first-order chi connectivity index (χ1) is 10.9. The number of ether oxygens (including phenoxy) is 1. The maximum absolute atomic E-state index is 11.9. The molecule has 0 bridgehead atoms. The summed E-state index contributed by atoms with van der Waals surface area (Å²) < 4.78 is 10.0. The molecule has 0 aliphatic heterocycles. The number of benzene rings is 1. The second kappa shape index (κ2) is 7.26. The molecule has 0 aliphatic carbocycles. The third-order valence-corrected chi connectivity index (χ3v) is 3.59. The number of nitrogens with one attached hydrogen (secondary N) is 2. The standard InChI is InChI=1S/C15H16ClN3O4/c1-15(22-2,10-4-3-5-11(16)8-10)9-17-13(20)14(21)18-12-6-7-23-19-12/h3-8H,9H2,1-2H3,(H,17,20)(H,18,19,21). The van der Waals surface area contributed by atoms with Crippen LogP contribution in [-0.4, -0.2) is 30.6 Å². The Morgan fingerprint density at radius 3 is 2.74 bits per heavy atom. The van der Waals surface area contributed by atoms with Gasteiger partial charge in [-0.3, -0.25) is 14.9 Å². The summed E-state index contributed by atoms with van der Waals surface area (Å²) in [6.45, 7) is 1.88. The van der Waals surface area contributed by atoms with E-state index in [0.29, 0.717) is 5.02 Å². The zero-order valence-corrected chi connectivity index (χ0v) is 13.4. The molecule has 1 aromatic heterocycles. The second-order valence-corrected chi connectivity index (χ2v) is 5.40. The van der Waals surface area contributed by atoms with Crippen LogP contribution >= 0.6 is 11.6 Å². The van der Waals surface area contributed by atoms with Gasteiger partial charge < -0.3 is 14.6 Å². The van der Waals surface area contributed by atoms with E-state index in [1.165, 1.54) is 19.4 Å². The molecule has 23 heavy (non-hydrogen) atoms. The lowest BCUT2D eigenvalue weighted by molar-refractivity contribution is -0.137. The molecule has 7 nitrogen and oxygen atoms in total. The topological polar surface area (TPSA) is 93.5 Å². The molecule has 0 radical (unpaired) electrons. The lowest BCUT2D eigenvalue weighted by Gasteiger charge is -2.29. The van der Waals surface area contributed by atoms with Gasteiger partial charge in [0.2, 0.25) is 0 Å². The molecular weight excluding hydrogens is 322 g/mol. The molecule has 2 aromatic rings. The molecule has 0 saturated heterocycles. The molecule has 0 saturated carbocycles. The van der Waals surface area contributed by atoms with Crippen molar-refractivity contribution in [2.45, 2.75) is 12.5 Å². The number of hydrogen-bond donors (Lipinski definition) is 2. The smallest absolute Gasteiger partial charge is 0.314 e. The van der Waals surface area contributed by atoms with E-state index in [0.717, 1.165) is 5.56 Å². The fourth-order valence-electron chi connectivity index (χ4n) is 1.89. The molecule has 2 rings (SSSR count). The van der Waals surface area contributed by atoms with Crippen molar-refractivity contribution in [3.8, 4) is 0 Å². The Morgan fingerprint density at radius 1 is 1.35 bits per heavy atom. The van der Waals surface area contributed by atoms with Crippen LogP contribution in [0, 0.1) is 0 Å². The Kier molecular flexibility index (Phi) is 5.36. The Morgan fingerprint density at radius 2 is 2.13 bits per heavy atom. The Bertz CT molecular complexity index is 690. The van der Waals surface area contributed by atoms with E-state index in [9.17, 15) is 9.59 Å². The third kappa shape index (κ3) is 4.30. The number of amides is 2. The highest BCUT2D eigenvalue weighted by molar-refractivity contribution is 6.39. The second-order valence-electron chi connectivity index (χ2n) is 4.97. The predicted octanol–water partition coefficient (Wildman–Crippen LogP) is 1.94. The molecule has 0 spiro atoms. The number of halogens is 1. The monoisotopic (exact) mass is 337 g/mol. The molecule has 1 heterocycles. The summed E-state index contributed by atoms with van der Waals surface area (Å²) in [6, 6.07) is 8.53. The molecule has 8 heteroatoms. The normalized spacial score (nSPS) is 13.2. The number of methoxy groups -OCH3 is 1. The highest BCUT2D eigenvalue weighted by Gasteiger charge is 2.28.